The number of methoxy groups -OCH3 is 1. The van der Waals surface area contributed by atoms with Crippen LogP contribution in [0.1, 0.15) is 12.1 Å². The zero-order valence-corrected chi connectivity index (χ0v) is 15.8. The normalized spacial score (nSPS) is 14.7. The van der Waals surface area contributed by atoms with Gasteiger partial charge in [-0.15, -0.1) is 0 Å². The largest absolute Gasteiger partial charge is 0.383 e. The van der Waals surface area contributed by atoms with Crippen LogP contribution in [0.25, 0.3) is 38.6 Å². The van der Waals surface area contributed by atoms with Gasteiger partial charge < -0.3 is 14.0 Å². The molecule has 0 unspecified atom stereocenters. The number of aromatic amines is 1. The summed E-state index contributed by atoms with van der Waals surface area (Å²) in [5, 5.41) is 9.59. The molecule has 0 spiro atoms. The van der Waals surface area contributed by atoms with E-state index in [1.807, 2.05) is 6.20 Å². The zero-order valence-electron chi connectivity index (χ0n) is 15.8. The van der Waals surface area contributed by atoms with Gasteiger partial charge in [-0.25, -0.2) is 4.98 Å². The van der Waals surface area contributed by atoms with Crippen LogP contribution in [0.2, 0.25) is 0 Å². The van der Waals surface area contributed by atoms with E-state index in [2.05, 4.69) is 57.4 Å². The Balaban J connectivity index is 1.75. The highest BCUT2D eigenvalue weighted by molar-refractivity contribution is 5.97. The summed E-state index contributed by atoms with van der Waals surface area (Å²) in [5.41, 5.74) is 6.48. The number of ether oxygens (including phenoxy) is 2. The van der Waals surface area contributed by atoms with E-state index in [9.17, 15) is 0 Å². The maximum absolute atomic E-state index is 5.51. The first kappa shape index (κ1) is 17.2. The molecule has 1 aliphatic rings. The van der Waals surface area contributed by atoms with Gasteiger partial charge in [0.15, 0.2) is 0 Å². The summed E-state index contributed by atoms with van der Waals surface area (Å²) in [4.78, 5) is 5.10. The van der Waals surface area contributed by atoms with E-state index in [4.69, 9.17) is 14.5 Å². The minimum Gasteiger partial charge on any atom is -0.383 e. The number of hydrogen-bond donors (Lipinski definition) is 1. The summed E-state index contributed by atoms with van der Waals surface area (Å²) < 4.78 is 13.0. The topological polar surface area (TPSA) is 65.0 Å². The van der Waals surface area contributed by atoms with Gasteiger partial charge in [-0.1, -0.05) is 24.3 Å². The molecule has 3 aromatic heterocycles. The minimum atomic E-state index is 0.642. The number of nitrogens with zero attached hydrogens (tertiary/aromatic N) is 3. The molecule has 0 saturated carbocycles. The van der Waals surface area contributed by atoms with Crippen molar-refractivity contribution in [3.63, 3.8) is 0 Å². The lowest BCUT2D eigenvalue weighted by atomic mass is 10.0. The second kappa shape index (κ2) is 7.22. The van der Waals surface area contributed by atoms with Crippen molar-refractivity contribution in [3.8, 4) is 11.3 Å². The number of fused-ring (bicyclic) bond motifs is 2. The van der Waals surface area contributed by atoms with E-state index in [1.54, 1.807) is 7.11 Å². The van der Waals surface area contributed by atoms with Crippen molar-refractivity contribution in [3.05, 3.63) is 54.5 Å². The molecule has 6 nitrogen and oxygen atoms in total. The molecule has 1 aliphatic heterocycles. The fraction of sp³-hybridized carbons (Fsp3) is 0.273. The van der Waals surface area contributed by atoms with Crippen LogP contribution in [0.3, 0.4) is 0 Å². The molecule has 6 heteroatoms. The molecule has 5 rings (SSSR count). The SMILES string of the molecule is COCCn1ccc2c(C3=CCOCC3)nc(-c3cccc4cn[nH]c34)cc21. The molecule has 0 radical (unpaired) electrons. The summed E-state index contributed by atoms with van der Waals surface area (Å²) in [5.74, 6) is 0. The van der Waals surface area contributed by atoms with Gasteiger partial charge in [0, 0.05) is 36.2 Å². The van der Waals surface area contributed by atoms with Crippen molar-refractivity contribution < 1.29 is 9.47 Å². The van der Waals surface area contributed by atoms with Crippen molar-refractivity contribution >= 4 is 27.4 Å². The number of rotatable bonds is 5. The Hall–Kier alpha value is -2.96. The maximum atomic E-state index is 5.51. The van der Waals surface area contributed by atoms with Gasteiger partial charge >= 0.3 is 0 Å². The highest BCUT2D eigenvalue weighted by Crippen LogP contribution is 2.33. The second-order valence-electron chi connectivity index (χ2n) is 6.98. The van der Waals surface area contributed by atoms with Crippen LogP contribution in [0, 0.1) is 0 Å². The lowest BCUT2D eigenvalue weighted by Gasteiger charge is -2.16. The third-order valence-electron chi connectivity index (χ3n) is 5.32. The molecule has 4 aromatic rings. The predicted molar refractivity (Wildman–Crippen MR) is 110 cm³/mol. The average molecular weight is 374 g/mol. The summed E-state index contributed by atoms with van der Waals surface area (Å²) >= 11 is 0. The molecule has 0 bridgehead atoms. The van der Waals surface area contributed by atoms with Gasteiger partial charge in [-0.05, 0) is 24.1 Å². The highest BCUT2D eigenvalue weighted by Gasteiger charge is 2.17. The molecule has 0 fully saturated rings. The molecular formula is C22H22N4O2. The molecule has 142 valence electrons. The molecule has 4 heterocycles. The van der Waals surface area contributed by atoms with Gasteiger partial charge in [0.05, 0.1) is 48.4 Å². The van der Waals surface area contributed by atoms with Gasteiger partial charge in [-0.2, -0.15) is 5.10 Å². The number of aromatic nitrogens is 4. The smallest absolute Gasteiger partial charge is 0.0761 e. The van der Waals surface area contributed by atoms with Gasteiger partial charge in [-0.3, -0.25) is 5.10 Å². The number of pyridine rings is 1. The number of hydrogen-bond acceptors (Lipinski definition) is 4. The monoisotopic (exact) mass is 374 g/mol. The first-order valence-electron chi connectivity index (χ1n) is 9.53. The molecule has 0 atom stereocenters. The predicted octanol–water partition coefficient (Wildman–Crippen LogP) is 4.03. The van der Waals surface area contributed by atoms with Crippen LogP contribution in [0.15, 0.2) is 48.8 Å². The van der Waals surface area contributed by atoms with Crippen molar-refractivity contribution in [1.29, 1.82) is 0 Å². The standard InChI is InChI=1S/C22H22N4O2/c1-27-12-9-26-8-5-18-20(26)13-19(24-21(18)15-6-10-28-11-7-15)17-4-2-3-16-14-23-25-22(16)17/h2-6,8,13-14H,7,9-12H2,1H3,(H,23,25). The van der Waals surface area contributed by atoms with Gasteiger partial charge in [0.2, 0.25) is 0 Å². The van der Waals surface area contributed by atoms with E-state index < -0.39 is 0 Å². The molecular weight excluding hydrogens is 352 g/mol. The quantitative estimate of drug-likeness (QED) is 0.573. The number of nitrogens with one attached hydrogen (secondary N) is 1. The summed E-state index contributed by atoms with van der Waals surface area (Å²) in [6.45, 7) is 2.85. The third-order valence-corrected chi connectivity index (χ3v) is 5.32. The van der Waals surface area contributed by atoms with Crippen LogP contribution in [0.4, 0.5) is 0 Å². The van der Waals surface area contributed by atoms with Crippen LogP contribution in [-0.4, -0.2) is 46.7 Å². The summed E-state index contributed by atoms with van der Waals surface area (Å²) in [7, 11) is 1.73. The van der Waals surface area contributed by atoms with Crippen LogP contribution >= 0.6 is 0 Å². The Morgan fingerprint density at radius 3 is 3.11 bits per heavy atom. The van der Waals surface area contributed by atoms with Crippen molar-refractivity contribution in [2.45, 2.75) is 13.0 Å². The van der Waals surface area contributed by atoms with E-state index in [-0.39, 0.29) is 0 Å². The van der Waals surface area contributed by atoms with Crippen molar-refractivity contribution in [1.82, 2.24) is 19.7 Å². The minimum absolute atomic E-state index is 0.642. The number of para-hydroxylation sites is 1. The zero-order chi connectivity index (χ0) is 18.9. The van der Waals surface area contributed by atoms with Crippen LogP contribution < -0.4 is 0 Å². The van der Waals surface area contributed by atoms with Crippen LogP contribution in [-0.2, 0) is 16.0 Å². The average Bonchev–Trinajstić information content (AvgIpc) is 3.39. The Kier molecular flexibility index (Phi) is 4.43. The Bertz CT molecular complexity index is 1170. The first-order valence-corrected chi connectivity index (χ1v) is 9.53. The Labute approximate surface area is 162 Å². The lowest BCUT2D eigenvalue weighted by Crippen LogP contribution is -2.07. The highest BCUT2D eigenvalue weighted by atomic mass is 16.5. The van der Waals surface area contributed by atoms with Crippen molar-refractivity contribution in [2.24, 2.45) is 0 Å². The lowest BCUT2D eigenvalue weighted by molar-refractivity contribution is 0.161. The van der Waals surface area contributed by atoms with Gasteiger partial charge in [0.25, 0.3) is 0 Å². The maximum Gasteiger partial charge on any atom is 0.0761 e. The molecule has 28 heavy (non-hydrogen) atoms. The molecule has 1 aromatic carbocycles. The summed E-state index contributed by atoms with van der Waals surface area (Å²) in [6.07, 6.45) is 7.00. The Morgan fingerprint density at radius 2 is 2.25 bits per heavy atom. The third kappa shape index (κ3) is 2.91. The van der Waals surface area contributed by atoms with E-state index in [0.717, 1.165) is 47.4 Å². The fourth-order valence-electron chi connectivity index (χ4n) is 3.88. The fourth-order valence-corrected chi connectivity index (χ4v) is 3.88. The second-order valence-corrected chi connectivity index (χ2v) is 6.98. The molecule has 1 N–H and O–H groups in total. The van der Waals surface area contributed by atoms with E-state index >= 15 is 0 Å². The molecule has 0 saturated heterocycles. The first-order chi connectivity index (χ1) is 13.8. The Morgan fingerprint density at radius 1 is 1.29 bits per heavy atom. The summed E-state index contributed by atoms with van der Waals surface area (Å²) in [6, 6.07) is 10.5. The number of H-pyrrole nitrogens is 1. The molecule has 0 aliphatic carbocycles. The van der Waals surface area contributed by atoms with E-state index in [1.165, 1.54) is 16.5 Å². The number of benzene rings is 1. The van der Waals surface area contributed by atoms with Gasteiger partial charge in [0.1, 0.15) is 0 Å². The van der Waals surface area contributed by atoms with Crippen molar-refractivity contribution in [2.75, 3.05) is 26.9 Å². The van der Waals surface area contributed by atoms with Crippen LogP contribution in [0.5, 0.6) is 0 Å². The molecule has 0 amide bonds. The van der Waals surface area contributed by atoms with E-state index in [0.29, 0.717) is 13.2 Å².